The van der Waals surface area contributed by atoms with E-state index in [9.17, 15) is 8.78 Å². The van der Waals surface area contributed by atoms with E-state index in [1.807, 2.05) is 0 Å². The van der Waals surface area contributed by atoms with E-state index in [1.54, 1.807) is 19.1 Å². The Morgan fingerprint density at radius 3 is 2.60 bits per heavy atom. The van der Waals surface area contributed by atoms with Crippen LogP contribution < -0.4 is 15.8 Å². The molecule has 106 valence electrons. The van der Waals surface area contributed by atoms with Crippen molar-refractivity contribution in [3.05, 3.63) is 46.4 Å². The highest BCUT2D eigenvalue weighted by Crippen LogP contribution is 2.31. The van der Waals surface area contributed by atoms with Gasteiger partial charge in [0, 0.05) is 17.8 Å². The van der Waals surface area contributed by atoms with Gasteiger partial charge in [-0.2, -0.15) is 0 Å². The zero-order valence-corrected chi connectivity index (χ0v) is 12.3. The number of rotatable bonds is 4. The van der Waals surface area contributed by atoms with Crippen LogP contribution in [0.4, 0.5) is 25.8 Å². The first-order valence-electron chi connectivity index (χ1n) is 5.95. The van der Waals surface area contributed by atoms with Gasteiger partial charge in [0.05, 0.1) is 22.5 Å². The van der Waals surface area contributed by atoms with Crippen LogP contribution in [0.2, 0.25) is 0 Å². The Hall–Kier alpha value is -1.82. The Bertz CT molecular complexity index is 635. The molecule has 0 aliphatic heterocycles. The van der Waals surface area contributed by atoms with Crippen LogP contribution in [0.5, 0.6) is 5.75 Å². The molecule has 2 rings (SSSR count). The number of anilines is 3. The van der Waals surface area contributed by atoms with Crippen LogP contribution in [-0.2, 0) is 0 Å². The van der Waals surface area contributed by atoms with Gasteiger partial charge in [-0.3, -0.25) is 0 Å². The zero-order chi connectivity index (χ0) is 14.7. The fraction of sp³-hybridized carbons (Fsp3) is 0.143. The number of hydrogen-bond donors (Lipinski definition) is 2. The number of nitrogens with two attached hydrogens (primary N) is 1. The minimum absolute atomic E-state index is 0.116. The predicted molar refractivity (Wildman–Crippen MR) is 79.4 cm³/mol. The molecule has 2 aromatic rings. The summed E-state index contributed by atoms with van der Waals surface area (Å²) >= 11 is 3.10. The van der Waals surface area contributed by atoms with Gasteiger partial charge in [0.2, 0.25) is 0 Å². The third kappa shape index (κ3) is 3.19. The lowest BCUT2D eigenvalue weighted by molar-refractivity contribution is 0.322. The summed E-state index contributed by atoms with van der Waals surface area (Å²) < 4.78 is 32.2. The molecule has 0 radical (unpaired) electrons. The third-order valence-corrected chi connectivity index (χ3v) is 3.21. The standard InChI is InChI=1S/C14H13BrF2N2O/c1-2-20-14-7-13(12(18)6-11(14)17)19-8-3-4-10(16)9(15)5-8/h3-7,19H,2,18H2,1H3. The van der Waals surface area contributed by atoms with Crippen LogP contribution in [0.15, 0.2) is 34.8 Å². The van der Waals surface area contributed by atoms with Crippen LogP contribution in [0.25, 0.3) is 0 Å². The van der Waals surface area contributed by atoms with Crippen molar-refractivity contribution in [1.29, 1.82) is 0 Å². The monoisotopic (exact) mass is 342 g/mol. The Morgan fingerprint density at radius 1 is 1.20 bits per heavy atom. The smallest absolute Gasteiger partial charge is 0.167 e. The minimum atomic E-state index is -0.518. The summed E-state index contributed by atoms with van der Waals surface area (Å²) in [6, 6.07) is 7.11. The van der Waals surface area contributed by atoms with Gasteiger partial charge in [-0.05, 0) is 41.1 Å². The van der Waals surface area contributed by atoms with Gasteiger partial charge in [-0.1, -0.05) is 0 Å². The molecule has 3 N–H and O–H groups in total. The number of nitrogen functional groups attached to an aromatic ring is 1. The lowest BCUT2D eigenvalue weighted by atomic mass is 10.2. The van der Waals surface area contributed by atoms with Crippen molar-refractivity contribution in [3.63, 3.8) is 0 Å². The van der Waals surface area contributed by atoms with Crippen LogP contribution in [0.3, 0.4) is 0 Å². The molecule has 0 saturated heterocycles. The lowest BCUT2D eigenvalue weighted by Crippen LogP contribution is -2.01. The second kappa shape index (κ2) is 6.09. The molecule has 0 fully saturated rings. The van der Waals surface area contributed by atoms with Crippen molar-refractivity contribution in [2.24, 2.45) is 0 Å². The molecule has 0 aliphatic carbocycles. The van der Waals surface area contributed by atoms with E-state index in [0.717, 1.165) is 0 Å². The SMILES string of the molecule is CCOc1cc(Nc2ccc(F)c(Br)c2)c(N)cc1F. The Balaban J connectivity index is 2.32. The summed E-state index contributed by atoms with van der Waals surface area (Å²) in [5.74, 6) is -0.766. The normalized spacial score (nSPS) is 10.4. The Kier molecular flexibility index (Phi) is 4.44. The first-order chi connectivity index (χ1) is 9.51. The number of nitrogens with one attached hydrogen (secondary N) is 1. The van der Waals surface area contributed by atoms with Gasteiger partial charge < -0.3 is 15.8 Å². The molecule has 0 heterocycles. The Morgan fingerprint density at radius 2 is 1.95 bits per heavy atom. The maximum Gasteiger partial charge on any atom is 0.167 e. The van der Waals surface area contributed by atoms with E-state index in [4.69, 9.17) is 10.5 Å². The summed E-state index contributed by atoms with van der Waals surface area (Å²) in [6.07, 6.45) is 0. The quantitative estimate of drug-likeness (QED) is 0.807. The summed E-state index contributed by atoms with van der Waals surface area (Å²) in [5, 5.41) is 3.00. The molecule has 0 amide bonds. The minimum Gasteiger partial charge on any atom is -0.491 e. The van der Waals surface area contributed by atoms with Gasteiger partial charge in [0.25, 0.3) is 0 Å². The summed E-state index contributed by atoms with van der Waals surface area (Å²) in [6.45, 7) is 2.11. The first kappa shape index (κ1) is 14.6. The van der Waals surface area contributed by atoms with Gasteiger partial charge in [0.1, 0.15) is 5.82 Å². The second-order valence-electron chi connectivity index (χ2n) is 4.06. The van der Waals surface area contributed by atoms with Crippen molar-refractivity contribution in [2.75, 3.05) is 17.7 Å². The van der Waals surface area contributed by atoms with Crippen molar-refractivity contribution >= 4 is 33.0 Å². The lowest BCUT2D eigenvalue weighted by Gasteiger charge is -2.13. The molecule has 0 atom stereocenters. The van der Waals surface area contributed by atoms with E-state index in [-0.39, 0.29) is 17.3 Å². The first-order valence-corrected chi connectivity index (χ1v) is 6.74. The molecular weight excluding hydrogens is 330 g/mol. The maximum absolute atomic E-state index is 13.6. The number of benzene rings is 2. The summed E-state index contributed by atoms with van der Waals surface area (Å²) in [7, 11) is 0. The highest BCUT2D eigenvalue weighted by Gasteiger charge is 2.10. The predicted octanol–water partition coefficient (Wildman–Crippen LogP) is 4.45. The van der Waals surface area contributed by atoms with E-state index < -0.39 is 5.82 Å². The van der Waals surface area contributed by atoms with Crippen LogP contribution >= 0.6 is 15.9 Å². The van der Waals surface area contributed by atoms with E-state index >= 15 is 0 Å². The largest absolute Gasteiger partial charge is 0.491 e. The van der Waals surface area contributed by atoms with E-state index in [0.29, 0.717) is 22.5 Å². The second-order valence-corrected chi connectivity index (χ2v) is 4.91. The highest BCUT2D eigenvalue weighted by atomic mass is 79.9. The molecule has 0 bridgehead atoms. The van der Waals surface area contributed by atoms with Crippen molar-refractivity contribution in [2.45, 2.75) is 6.92 Å². The van der Waals surface area contributed by atoms with Crippen LogP contribution in [-0.4, -0.2) is 6.61 Å². The number of hydrogen-bond acceptors (Lipinski definition) is 3. The zero-order valence-electron chi connectivity index (χ0n) is 10.7. The molecule has 0 aliphatic rings. The van der Waals surface area contributed by atoms with Crippen molar-refractivity contribution < 1.29 is 13.5 Å². The number of ether oxygens (including phenoxy) is 1. The highest BCUT2D eigenvalue weighted by molar-refractivity contribution is 9.10. The third-order valence-electron chi connectivity index (χ3n) is 2.60. The molecule has 0 spiro atoms. The molecule has 6 heteroatoms. The molecule has 3 nitrogen and oxygen atoms in total. The Labute approximate surface area is 123 Å². The fourth-order valence-corrected chi connectivity index (χ4v) is 2.05. The van der Waals surface area contributed by atoms with Crippen molar-refractivity contribution in [1.82, 2.24) is 0 Å². The van der Waals surface area contributed by atoms with E-state index in [2.05, 4.69) is 21.2 Å². The average molecular weight is 343 g/mol. The number of halogens is 3. The summed E-state index contributed by atoms with van der Waals surface area (Å²) in [5.41, 5.74) is 7.12. The van der Waals surface area contributed by atoms with Crippen LogP contribution in [0, 0.1) is 11.6 Å². The van der Waals surface area contributed by atoms with Gasteiger partial charge in [0.15, 0.2) is 11.6 Å². The molecule has 0 unspecified atom stereocenters. The van der Waals surface area contributed by atoms with Gasteiger partial charge in [-0.25, -0.2) is 8.78 Å². The molecule has 0 aromatic heterocycles. The topological polar surface area (TPSA) is 47.3 Å². The fourth-order valence-electron chi connectivity index (χ4n) is 1.67. The van der Waals surface area contributed by atoms with Gasteiger partial charge >= 0.3 is 0 Å². The maximum atomic E-state index is 13.6. The molecule has 20 heavy (non-hydrogen) atoms. The van der Waals surface area contributed by atoms with Crippen molar-refractivity contribution in [3.8, 4) is 5.75 Å². The summed E-state index contributed by atoms with van der Waals surface area (Å²) in [4.78, 5) is 0. The van der Waals surface area contributed by atoms with Gasteiger partial charge in [-0.15, -0.1) is 0 Å². The molecule has 0 saturated carbocycles. The molecule has 2 aromatic carbocycles. The average Bonchev–Trinajstić information content (AvgIpc) is 2.39. The molecular formula is C14H13BrF2N2O. The van der Waals surface area contributed by atoms with Crippen LogP contribution in [0.1, 0.15) is 6.92 Å². The van der Waals surface area contributed by atoms with E-state index in [1.165, 1.54) is 18.2 Å².